The molecule has 0 fully saturated rings. The van der Waals surface area contributed by atoms with Gasteiger partial charge in [0.05, 0.1) is 0 Å². The molecule has 0 aliphatic rings. The number of halogens is 1. The van der Waals surface area contributed by atoms with E-state index in [1.165, 1.54) is 32.1 Å². The van der Waals surface area contributed by atoms with Crippen molar-refractivity contribution in [3.8, 4) is 0 Å². The van der Waals surface area contributed by atoms with E-state index in [1.807, 2.05) is 6.08 Å². The lowest BCUT2D eigenvalue weighted by atomic mass is 10.1. The Kier molecular flexibility index (Phi) is 10.9. The lowest BCUT2D eigenvalue weighted by molar-refractivity contribution is 0.696. The first-order chi connectivity index (χ1) is 5.91. The molecule has 0 aliphatic heterocycles. The standard InChI is InChI=1S/C11H19Br/c1-2-3-4-5-6-7-8-9-10-11-12/h2,8-9H,1,3-7,10-11H2/b9-8+. The van der Waals surface area contributed by atoms with Gasteiger partial charge in [-0.05, 0) is 32.1 Å². The Morgan fingerprint density at radius 2 is 1.58 bits per heavy atom. The summed E-state index contributed by atoms with van der Waals surface area (Å²) < 4.78 is 0. The first-order valence-electron chi connectivity index (χ1n) is 4.73. The summed E-state index contributed by atoms with van der Waals surface area (Å²) in [5, 5.41) is 1.08. The van der Waals surface area contributed by atoms with Crippen LogP contribution >= 0.6 is 15.9 Å². The second-order valence-electron chi connectivity index (χ2n) is 2.88. The third kappa shape index (κ3) is 9.96. The zero-order valence-corrected chi connectivity index (χ0v) is 9.35. The van der Waals surface area contributed by atoms with Crippen LogP contribution in [0.15, 0.2) is 24.8 Å². The average molecular weight is 231 g/mol. The number of alkyl halides is 1. The largest absolute Gasteiger partial charge is 0.103 e. The van der Waals surface area contributed by atoms with Crippen molar-refractivity contribution in [3.05, 3.63) is 24.8 Å². The van der Waals surface area contributed by atoms with Gasteiger partial charge in [0, 0.05) is 5.33 Å². The maximum absolute atomic E-state index is 3.70. The second-order valence-corrected chi connectivity index (χ2v) is 3.67. The molecule has 0 aromatic rings. The van der Waals surface area contributed by atoms with E-state index in [-0.39, 0.29) is 0 Å². The Morgan fingerprint density at radius 3 is 2.25 bits per heavy atom. The van der Waals surface area contributed by atoms with Crippen LogP contribution < -0.4 is 0 Å². The molecule has 0 aromatic heterocycles. The van der Waals surface area contributed by atoms with Crippen LogP contribution in [0.5, 0.6) is 0 Å². The summed E-state index contributed by atoms with van der Waals surface area (Å²) in [7, 11) is 0. The molecule has 1 heteroatoms. The molecular weight excluding hydrogens is 212 g/mol. The van der Waals surface area contributed by atoms with E-state index < -0.39 is 0 Å². The third-order valence-corrected chi connectivity index (χ3v) is 2.18. The van der Waals surface area contributed by atoms with E-state index >= 15 is 0 Å². The maximum Gasteiger partial charge on any atom is 0.00659 e. The summed E-state index contributed by atoms with van der Waals surface area (Å²) in [6, 6.07) is 0. The molecule has 70 valence electrons. The van der Waals surface area contributed by atoms with Crippen molar-refractivity contribution in [1.29, 1.82) is 0 Å². The minimum Gasteiger partial charge on any atom is -0.103 e. The quantitative estimate of drug-likeness (QED) is 0.328. The molecular formula is C11H19Br. The van der Waals surface area contributed by atoms with Crippen molar-refractivity contribution in [2.45, 2.75) is 38.5 Å². The fourth-order valence-corrected chi connectivity index (χ4v) is 1.29. The molecule has 0 bridgehead atoms. The first-order valence-corrected chi connectivity index (χ1v) is 5.86. The Balaban J connectivity index is 2.94. The van der Waals surface area contributed by atoms with Crippen molar-refractivity contribution >= 4 is 15.9 Å². The average Bonchev–Trinajstić information content (AvgIpc) is 2.10. The summed E-state index contributed by atoms with van der Waals surface area (Å²) in [6.45, 7) is 3.70. The predicted molar refractivity (Wildman–Crippen MR) is 60.8 cm³/mol. The molecule has 0 aromatic carbocycles. The van der Waals surface area contributed by atoms with Crippen molar-refractivity contribution < 1.29 is 0 Å². The molecule has 0 nitrogen and oxygen atoms in total. The van der Waals surface area contributed by atoms with E-state index in [4.69, 9.17) is 0 Å². The smallest absolute Gasteiger partial charge is 0.00659 e. The van der Waals surface area contributed by atoms with Gasteiger partial charge >= 0.3 is 0 Å². The summed E-state index contributed by atoms with van der Waals surface area (Å²) >= 11 is 3.39. The summed E-state index contributed by atoms with van der Waals surface area (Å²) in [5.74, 6) is 0. The van der Waals surface area contributed by atoms with Crippen LogP contribution in [0.25, 0.3) is 0 Å². The highest BCUT2D eigenvalue weighted by Gasteiger charge is 1.84. The van der Waals surface area contributed by atoms with Crippen molar-refractivity contribution in [3.63, 3.8) is 0 Å². The molecule has 0 heterocycles. The SMILES string of the molecule is C=CCCCCC/C=C/CCBr. The van der Waals surface area contributed by atoms with Gasteiger partial charge in [0.1, 0.15) is 0 Å². The van der Waals surface area contributed by atoms with Gasteiger partial charge in [0.15, 0.2) is 0 Å². The molecule has 0 rings (SSSR count). The van der Waals surface area contributed by atoms with Crippen LogP contribution in [0.2, 0.25) is 0 Å². The molecule has 0 radical (unpaired) electrons. The normalized spacial score (nSPS) is 10.8. The monoisotopic (exact) mass is 230 g/mol. The highest BCUT2D eigenvalue weighted by molar-refractivity contribution is 9.09. The van der Waals surface area contributed by atoms with Gasteiger partial charge < -0.3 is 0 Å². The van der Waals surface area contributed by atoms with Gasteiger partial charge in [-0.25, -0.2) is 0 Å². The highest BCUT2D eigenvalue weighted by Crippen LogP contribution is 2.04. The van der Waals surface area contributed by atoms with Crippen LogP contribution in [-0.2, 0) is 0 Å². The molecule has 0 aliphatic carbocycles. The topological polar surface area (TPSA) is 0 Å². The number of hydrogen-bond donors (Lipinski definition) is 0. The minimum absolute atomic E-state index is 1.08. The maximum atomic E-state index is 3.70. The Morgan fingerprint density at radius 1 is 0.917 bits per heavy atom. The van der Waals surface area contributed by atoms with Crippen molar-refractivity contribution in [1.82, 2.24) is 0 Å². The third-order valence-electron chi connectivity index (χ3n) is 1.72. The van der Waals surface area contributed by atoms with E-state index in [9.17, 15) is 0 Å². The Bertz CT molecular complexity index is 116. The Hall–Kier alpha value is -0.0400. The molecule has 12 heavy (non-hydrogen) atoms. The highest BCUT2D eigenvalue weighted by atomic mass is 79.9. The molecule has 0 atom stereocenters. The minimum atomic E-state index is 1.08. The van der Waals surface area contributed by atoms with Crippen LogP contribution in [0.4, 0.5) is 0 Å². The van der Waals surface area contributed by atoms with Gasteiger partial charge in [0.2, 0.25) is 0 Å². The predicted octanol–water partition coefficient (Wildman–Crippen LogP) is 4.46. The first kappa shape index (κ1) is 12.0. The van der Waals surface area contributed by atoms with E-state index in [0.717, 1.165) is 11.8 Å². The summed E-state index contributed by atoms with van der Waals surface area (Å²) in [5.41, 5.74) is 0. The van der Waals surface area contributed by atoms with Gasteiger partial charge in [0.25, 0.3) is 0 Å². The number of rotatable bonds is 8. The number of allylic oxidation sites excluding steroid dienone is 3. The molecule has 0 spiro atoms. The molecule has 0 saturated heterocycles. The molecule has 0 unspecified atom stereocenters. The van der Waals surface area contributed by atoms with E-state index in [1.54, 1.807) is 0 Å². The summed E-state index contributed by atoms with van der Waals surface area (Å²) in [6.07, 6.45) is 14.1. The number of hydrogen-bond acceptors (Lipinski definition) is 0. The van der Waals surface area contributed by atoms with Gasteiger partial charge in [-0.3, -0.25) is 0 Å². The van der Waals surface area contributed by atoms with E-state index in [2.05, 4.69) is 34.7 Å². The van der Waals surface area contributed by atoms with Gasteiger partial charge in [-0.1, -0.05) is 40.6 Å². The molecule has 0 amide bonds. The number of unbranched alkanes of at least 4 members (excludes halogenated alkanes) is 4. The van der Waals surface area contributed by atoms with Gasteiger partial charge in [-0.15, -0.1) is 6.58 Å². The van der Waals surface area contributed by atoms with Crippen molar-refractivity contribution in [2.24, 2.45) is 0 Å². The lowest BCUT2D eigenvalue weighted by Crippen LogP contribution is -1.74. The molecule has 0 saturated carbocycles. The lowest BCUT2D eigenvalue weighted by Gasteiger charge is -1.94. The fraction of sp³-hybridized carbons (Fsp3) is 0.636. The second kappa shape index (κ2) is 11.0. The van der Waals surface area contributed by atoms with Crippen LogP contribution in [0.1, 0.15) is 38.5 Å². The van der Waals surface area contributed by atoms with Crippen molar-refractivity contribution in [2.75, 3.05) is 5.33 Å². The van der Waals surface area contributed by atoms with Crippen LogP contribution in [0, 0.1) is 0 Å². The molecule has 0 N–H and O–H groups in total. The Labute approximate surface area is 84.9 Å². The van der Waals surface area contributed by atoms with E-state index in [0.29, 0.717) is 0 Å². The zero-order valence-electron chi connectivity index (χ0n) is 7.77. The zero-order chi connectivity index (χ0) is 9.07. The fourth-order valence-electron chi connectivity index (χ4n) is 1.03. The van der Waals surface area contributed by atoms with Crippen LogP contribution in [-0.4, -0.2) is 5.33 Å². The summed E-state index contributed by atoms with van der Waals surface area (Å²) in [4.78, 5) is 0. The van der Waals surface area contributed by atoms with Crippen LogP contribution in [0.3, 0.4) is 0 Å². The van der Waals surface area contributed by atoms with Gasteiger partial charge in [-0.2, -0.15) is 0 Å².